The Hall–Kier alpha value is -2.37. The quantitative estimate of drug-likeness (QED) is 0.284. The number of halogens is 4. The van der Waals surface area contributed by atoms with E-state index in [0.717, 1.165) is 17.8 Å². The number of anilines is 1. The molecule has 0 atom stereocenters. The molecule has 0 saturated heterocycles. The number of aliphatic imine (C=N–C) groups is 1. The number of carbonyl (C=O) groups is 1. The molecule has 1 amide bonds. The molecule has 2 aromatic rings. The Morgan fingerprint density at radius 3 is 2.53 bits per heavy atom. The fraction of sp³-hybridized carbons (Fsp3) is 0.350. The minimum absolute atomic E-state index is 0. The molecule has 10 heteroatoms. The maximum atomic E-state index is 12.8. The molecule has 0 aliphatic heterocycles. The van der Waals surface area contributed by atoms with E-state index in [1.165, 1.54) is 6.07 Å². The van der Waals surface area contributed by atoms with Crippen LogP contribution in [0.4, 0.5) is 19.0 Å². The van der Waals surface area contributed by atoms with E-state index in [-0.39, 0.29) is 42.8 Å². The second kappa shape index (κ2) is 12.4. The summed E-state index contributed by atoms with van der Waals surface area (Å²) in [5.41, 5.74) is 0.543. The highest BCUT2D eigenvalue weighted by Gasteiger charge is 2.30. The predicted molar refractivity (Wildman–Crippen MR) is 122 cm³/mol. The molecule has 164 valence electrons. The molecular weight excluding hydrogens is 510 g/mol. The van der Waals surface area contributed by atoms with Crippen molar-refractivity contribution in [2.75, 3.05) is 18.4 Å². The van der Waals surface area contributed by atoms with Gasteiger partial charge in [0, 0.05) is 25.2 Å². The summed E-state index contributed by atoms with van der Waals surface area (Å²) in [6, 6.07) is 10.4. The molecule has 0 aliphatic rings. The van der Waals surface area contributed by atoms with Crippen molar-refractivity contribution in [3.05, 3.63) is 59.3 Å². The maximum absolute atomic E-state index is 12.8. The zero-order valence-corrected chi connectivity index (χ0v) is 19.0. The number of guanidine groups is 1. The van der Waals surface area contributed by atoms with E-state index in [1.807, 2.05) is 19.9 Å². The van der Waals surface area contributed by atoms with Crippen LogP contribution in [0.1, 0.15) is 30.2 Å². The van der Waals surface area contributed by atoms with Gasteiger partial charge >= 0.3 is 6.18 Å². The Morgan fingerprint density at radius 1 is 1.13 bits per heavy atom. The van der Waals surface area contributed by atoms with Gasteiger partial charge in [0.15, 0.2) is 5.96 Å². The number of hydrogen-bond donors (Lipinski definition) is 3. The van der Waals surface area contributed by atoms with Crippen molar-refractivity contribution in [2.45, 2.75) is 33.0 Å². The van der Waals surface area contributed by atoms with E-state index in [0.29, 0.717) is 30.4 Å². The zero-order chi connectivity index (χ0) is 21.3. The Balaban J connectivity index is 0.00000450. The average Bonchev–Trinajstić information content (AvgIpc) is 2.65. The molecule has 6 nitrogen and oxygen atoms in total. The van der Waals surface area contributed by atoms with Gasteiger partial charge in [0.2, 0.25) is 5.91 Å². The molecule has 1 heterocycles. The van der Waals surface area contributed by atoms with Crippen molar-refractivity contribution in [3.63, 3.8) is 0 Å². The SMILES string of the molecule is CCNC(=NCc1cccc(C(F)(F)F)c1)NCCC(=O)Nc1cccc(C)n1.I. The van der Waals surface area contributed by atoms with Gasteiger partial charge in [-0.05, 0) is 43.7 Å². The van der Waals surface area contributed by atoms with Crippen LogP contribution in [0.5, 0.6) is 0 Å². The lowest BCUT2D eigenvalue weighted by atomic mass is 10.1. The van der Waals surface area contributed by atoms with Crippen LogP contribution < -0.4 is 16.0 Å². The molecule has 0 radical (unpaired) electrons. The maximum Gasteiger partial charge on any atom is 0.416 e. The van der Waals surface area contributed by atoms with Gasteiger partial charge in [-0.15, -0.1) is 24.0 Å². The lowest BCUT2D eigenvalue weighted by molar-refractivity contribution is -0.137. The molecule has 0 unspecified atom stereocenters. The largest absolute Gasteiger partial charge is 0.416 e. The molecule has 0 fully saturated rings. The van der Waals surface area contributed by atoms with E-state index in [9.17, 15) is 18.0 Å². The standard InChI is InChI=1S/C20H24F3N5O.HI/c1-3-24-19(26-13-15-7-5-8-16(12-15)20(21,22)23)25-11-10-18(29)28-17-9-4-6-14(2)27-17;/h4-9,12H,3,10-11,13H2,1-2H3,(H2,24,25,26)(H,27,28,29);1H. The molecule has 1 aromatic heterocycles. The van der Waals surface area contributed by atoms with Crippen LogP contribution in [0.25, 0.3) is 0 Å². The summed E-state index contributed by atoms with van der Waals surface area (Å²) in [7, 11) is 0. The first-order valence-electron chi connectivity index (χ1n) is 9.19. The number of nitrogens with zero attached hydrogens (tertiary/aromatic N) is 2. The summed E-state index contributed by atoms with van der Waals surface area (Å²) in [5.74, 6) is 0.704. The van der Waals surface area contributed by atoms with Crippen molar-refractivity contribution < 1.29 is 18.0 Å². The van der Waals surface area contributed by atoms with Crippen molar-refractivity contribution in [2.24, 2.45) is 4.99 Å². The van der Waals surface area contributed by atoms with E-state index in [2.05, 4.69) is 25.9 Å². The van der Waals surface area contributed by atoms with Crippen LogP contribution in [-0.4, -0.2) is 29.9 Å². The number of pyridine rings is 1. The average molecular weight is 535 g/mol. The lowest BCUT2D eigenvalue weighted by Crippen LogP contribution is -2.38. The van der Waals surface area contributed by atoms with Gasteiger partial charge in [0.1, 0.15) is 5.82 Å². The minimum atomic E-state index is -4.39. The monoisotopic (exact) mass is 535 g/mol. The van der Waals surface area contributed by atoms with E-state index in [4.69, 9.17) is 0 Å². The van der Waals surface area contributed by atoms with Crippen LogP contribution >= 0.6 is 24.0 Å². The molecule has 2 rings (SSSR count). The number of carbonyl (C=O) groups excluding carboxylic acids is 1. The van der Waals surface area contributed by atoms with Crippen LogP contribution in [0.2, 0.25) is 0 Å². The number of aromatic nitrogens is 1. The third kappa shape index (κ3) is 8.97. The highest BCUT2D eigenvalue weighted by Crippen LogP contribution is 2.29. The van der Waals surface area contributed by atoms with Gasteiger partial charge in [-0.25, -0.2) is 9.98 Å². The predicted octanol–water partition coefficient (Wildman–Crippen LogP) is 4.11. The van der Waals surface area contributed by atoms with E-state index >= 15 is 0 Å². The molecular formula is C20H25F3IN5O. The molecule has 1 aromatic carbocycles. The summed E-state index contributed by atoms with van der Waals surface area (Å²) in [6.45, 7) is 4.68. The van der Waals surface area contributed by atoms with Crippen molar-refractivity contribution in [1.82, 2.24) is 15.6 Å². The Morgan fingerprint density at radius 2 is 1.87 bits per heavy atom. The minimum Gasteiger partial charge on any atom is -0.357 e. The normalized spacial score (nSPS) is 11.4. The van der Waals surface area contributed by atoms with Gasteiger partial charge in [-0.2, -0.15) is 13.2 Å². The van der Waals surface area contributed by atoms with Crippen LogP contribution in [0.3, 0.4) is 0 Å². The smallest absolute Gasteiger partial charge is 0.357 e. The Bertz CT molecular complexity index is 858. The third-order valence-corrected chi connectivity index (χ3v) is 3.82. The van der Waals surface area contributed by atoms with Crippen molar-refractivity contribution in [3.8, 4) is 0 Å². The molecule has 0 aliphatic carbocycles. The van der Waals surface area contributed by atoms with Gasteiger partial charge in [-0.1, -0.05) is 18.2 Å². The van der Waals surface area contributed by atoms with Crippen molar-refractivity contribution in [1.29, 1.82) is 0 Å². The van der Waals surface area contributed by atoms with Gasteiger partial charge in [0.05, 0.1) is 12.1 Å². The second-order valence-corrected chi connectivity index (χ2v) is 6.28. The molecule has 0 saturated carbocycles. The van der Waals surface area contributed by atoms with Crippen LogP contribution in [-0.2, 0) is 17.5 Å². The zero-order valence-electron chi connectivity index (χ0n) is 16.7. The summed E-state index contributed by atoms with van der Waals surface area (Å²) in [6.07, 6.45) is -4.20. The summed E-state index contributed by atoms with van der Waals surface area (Å²) in [4.78, 5) is 20.5. The van der Waals surface area contributed by atoms with E-state index < -0.39 is 11.7 Å². The number of rotatable bonds is 7. The van der Waals surface area contributed by atoms with Crippen LogP contribution in [0.15, 0.2) is 47.5 Å². The number of alkyl halides is 3. The summed E-state index contributed by atoms with van der Waals surface area (Å²) < 4.78 is 38.4. The number of amides is 1. The summed E-state index contributed by atoms with van der Waals surface area (Å²) >= 11 is 0. The first-order chi connectivity index (χ1) is 13.8. The first kappa shape index (κ1) is 25.7. The Labute approximate surface area is 190 Å². The summed E-state index contributed by atoms with van der Waals surface area (Å²) in [5, 5.41) is 8.71. The van der Waals surface area contributed by atoms with Crippen molar-refractivity contribution >= 4 is 41.7 Å². The first-order valence-corrected chi connectivity index (χ1v) is 9.19. The van der Waals surface area contributed by atoms with Gasteiger partial charge in [-0.3, -0.25) is 4.79 Å². The number of hydrogen-bond acceptors (Lipinski definition) is 3. The number of aryl methyl sites for hydroxylation is 1. The molecule has 0 spiro atoms. The third-order valence-electron chi connectivity index (χ3n) is 3.82. The molecule has 3 N–H and O–H groups in total. The molecule has 0 bridgehead atoms. The number of nitrogens with one attached hydrogen (secondary N) is 3. The topological polar surface area (TPSA) is 78.4 Å². The highest BCUT2D eigenvalue weighted by atomic mass is 127. The van der Waals surface area contributed by atoms with E-state index in [1.54, 1.807) is 18.2 Å². The lowest BCUT2D eigenvalue weighted by Gasteiger charge is -2.12. The fourth-order valence-electron chi connectivity index (χ4n) is 2.47. The molecule has 30 heavy (non-hydrogen) atoms. The van der Waals surface area contributed by atoms with Crippen LogP contribution in [0, 0.1) is 6.92 Å². The van der Waals surface area contributed by atoms with Gasteiger partial charge < -0.3 is 16.0 Å². The second-order valence-electron chi connectivity index (χ2n) is 6.28. The number of benzene rings is 1. The highest BCUT2D eigenvalue weighted by molar-refractivity contribution is 14.0. The van der Waals surface area contributed by atoms with Gasteiger partial charge in [0.25, 0.3) is 0 Å². The Kier molecular flexibility index (Phi) is 10.6. The fourth-order valence-corrected chi connectivity index (χ4v) is 2.47.